The van der Waals surface area contributed by atoms with Crippen molar-refractivity contribution in [1.82, 2.24) is 4.98 Å². The van der Waals surface area contributed by atoms with E-state index in [1.807, 2.05) is 60.0 Å². The Morgan fingerprint density at radius 2 is 1.88 bits per heavy atom. The summed E-state index contributed by atoms with van der Waals surface area (Å²) in [6, 6.07) is 17.2. The number of rotatable bonds is 4. The van der Waals surface area contributed by atoms with Crippen LogP contribution < -0.4 is 4.90 Å². The molecule has 1 fully saturated rings. The molecule has 0 radical (unpaired) electrons. The second-order valence-electron chi connectivity index (χ2n) is 5.66. The standard InChI is InChI=1S/C19H14ClN3OS2/c20-14-8-6-13(7-9-14)12-16-17(24)23(15-4-2-1-3-5-15)19(26-16)22-18-21-10-11-25-18/h1-11,16H,12H2/b22-19-. The zero-order valence-electron chi connectivity index (χ0n) is 13.6. The van der Waals surface area contributed by atoms with Crippen LogP contribution >= 0.6 is 34.7 Å². The summed E-state index contributed by atoms with van der Waals surface area (Å²) in [5.74, 6) is 0.0338. The van der Waals surface area contributed by atoms with Crippen LogP contribution in [0.25, 0.3) is 0 Å². The first-order chi connectivity index (χ1) is 12.7. The Bertz CT molecular complexity index is 927. The normalized spacial score (nSPS) is 18.7. The number of carbonyl (C=O) groups is 1. The average molecular weight is 400 g/mol. The van der Waals surface area contributed by atoms with Gasteiger partial charge < -0.3 is 0 Å². The molecule has 130 valence electrons. The number of carbonyl (C=O) groups excluding carboxylic acids is 1. The Kier molecular flexibility index (Phi) is 5.06. The fourth-order valence-electron chi connectivity index (χ4n) is 2.68. The topological polar surface area (TPSA) is 45.6 Å². The highest BCUT2D eigenvalue weighted by molar-refractivity contribution is 8.16. The molecule has 1 aliphatic heterocycles. The minimum absolute atomic E-state index is 0.0338. The van der Waals surface area contributed by atoms with Crippen molar-refractivity contribution in [3.05, 3.63) is 76.8 Å². The van der Waals surface area contributed by atoms with Crippen molar-refractivity contribution >= 4 is 56.6 Å². The van der Waals surface area contributed by atoms with Crippen LogP contribution in [0.3, 0.4) is 0 Å². The number of para-hydroxylation sites is 1. The molecular formula is C19H14ClN3OS2. The summed E-state index contributed by atoms with van der Waals surface area (Å²) in [4.78, 5) is 23.6. The Labute approximate surface area is 164 Å². The van der Waals surface area contributed by atoms with Crippen LogP contribution in [0.15, 0.2) is 71.2 Å². The highest BCUT2D eigenvalue weighted by Gasteiger charge is 2.39. The molecule has 4 nitrogen and oxygen atoms in total. The second-order valence-corrected chi connectivity index (χ2v) is 8.13. The molecule has 4 rings (SSSR count). The van der Waals surface area contributed by atoms with Gasteiger partial charge in [0.15, 0.2) is 5.17 Å². The molecule has 1 unspecified atom stereocenters. The predicted molar refractivity (Wildman–Crippen MR) is 110 cm³/mol. The predicted octanol–water partition coefficient (Wildman–Crippen LogP) is 5.18. The monoisotopic (exact) mass is 399 g/mol. The first-order valence-corrected chi connectivity index (χ1v) is 10.1. The van der Waals surface area contributed by atoms with Crippen LogP contribution in [0, 0.1) is 0 Å². The van der Waals surface area contributed by atoms with E-state index >= 15 is 0 Å². The number of benzene rings is 2. The van der Waals surface area contributed by atoms with E-state index in [0.717, 1.165) is 11.3 Å². The van der Waals surface area contributed by atoms with Gasteiger partial charge in [-0.05, 0) is 36.2 Å². The first kappa shape index (κ1) is 17.3. The Balaban J connectivity index is 1.66. The Morgan fingerprint density at radius 1 is 1.12 bits per heavy atom. The molecule has 1 aliphatic rings. The van der Waals surface area contributed by atoms with Crippen molar-refractivity contribution in [2.45, 2.75) is 11.7 Å². The molecule has 3 aromatic rings. The van der Waals surface area contributed by atoms with Gasteiger partial charge >= 0.3 is 0 Å². The third-order valence-corrected chi connectivity index (χ3v) is 5.95. The third-order valence-electron chi connectivity index (χ3n) is 3.89. The van der Waals surface area contributed by atoms with Crippen molar-refractivity contribution in [2.75, 3.05) is 4.90 Å². The lowest BCUT2D eigenvalue weighted by Gasteiger charge is -2.16. The van der Waals surface area contributed by atoms with Crippen LogP contribution in [0.1, 0.15) is 5.56 Å². The number of hydrogen-bond acceptors (Lipinski definition) is 5. The van der Waals surface area contributed by atoms with Crippen LogP contribution in [-0.2, 0) is 11.2 Å². The van der Waals surface area contributed by atoms with Gasteiger partial charge in [-0.1, -0.05) is 53.7 Å². The molecule has 0 bridgehead atoms. The molecule has 26 heavy (non-hydrogen) atoms. The van der Waals surface area contributed by atoms with E-state index in [9.17, 15) is 4.79 Å². The quantitative estimate of drug-likeness (QED) is 0.607. The van der Waals surface area contributed by atoms with Gasteiger partial charge in [-0.25, -0.2) is 4.98 Å². The lowest BCUT2D eigenvalue weighted by molar-refractivity contribution is -0.116. The number of thioether (sulfide) groups is 1. The van der Waals surface area contributed by atoms with Gasteiger partial charge in [0.25, 0.3) is 0 Å². The minimum atomic E-state index is -0.227. The summed E-state index contributed by atoms with van der Waals surface area (Å²) >= 11 is 8.89. The number of hydrogen-bond donors (Lipinski definition) is 0. The van der Waals surface area contributed by atoms with Crippen LogP contribution in [0.5, 0.6) is 0 Å². The van der Waals surface area contributed by atoms with E-state index < -0.39 is 0 Å². The first-order valence-electron chi connectivity index (χ1n) is 7.99. The van der Waals surface area contributed by atoms with Crippen molar-refractivity contribution in [3.8, 4) is 0 Å². The Hall–Kier alpha value is -2.15. The fourth-order valence-corrected chi connectivity index (χ4v) is 4.54. The number of nitrogens with zero attached hydrogens (tertiary/aromatic N) is 3. The molecule has 1 aromatic heterocycles. The van der Waals surface area contributed by atoms with Crippen LogP contribution in [-0.4, -0.2) is 21.3 Å². The zero-order chi connectivity index (χ0) is 17.9. The molecule has 0 aliphatic carbocycles. The number of aromatic nitrogens is 1. The molecule has 1 saturated heterocycles. The maximum atomic E-state index is 13.1. The second kappa shape index (κ2) is 7.61. The van der Waals surface area contributed by atoms with Crippen molar-refractivity contribution in [3.63, 3.8) is 0 Å². The van der Waals surface area contributed by atoms with Crippen molar-refractivity contribution in [1.29, 1.82) is 0 Å². The molecule has 7 heteroatoms. The van der Waals surface area contributed by atoms with E-state index in [2.05, 4.69) is 9.98 Å². The van der Waals surface area contributed by atoms with Gasteiger partial charge in [0.1, 0.15) is 0 Å². The van der Waals surface area contributed by atoms with Gasteiger partial charge in [0.2, 0.25) is 11.0 Å². The highest BCUT2D eigenvalue weighted by Crippen LogP contribution is 2.35. The van der Waals surface area contributed by atoms with Gasteiger partial charge in [0.05, 0.1) is 10.9 Å². The lowest BCUT2D eigenvalue weighted by atomic mass is 10.1. The van der Waals surface area contributed by atoms with Gasteiger partial charge in [-0.2, -0.15) is 4.99 Å². The van der Waals surface area contributed by atoms with Crippen LogP contribution in [0.4, 0.5) is 10.8 Å². The summed E-state index contributed by atoms with van der Waals surface area (Å²) in [7, 11) is 0. The van der Waals surface area contributed by atoms with Gasteiger partial charge in [0, 0.05) is 16.6 Å². The molecule has 1 amide bonds. The number of amides is 1. The molecule has 1 atom stereocenters. The maximum Gasteiger partial charge on any atom is 0.247 e. The van der Waals surface area contributed by atoms with E-state index in [1.54, 1.807) is 11.1 Å². The van der Waals surface area contributed by atoms with Gasteiger partial charge in [-0.3, -0.25) is 9.69 Å². The average Bonchev–Trinajstić information content (AvgIpc) is 3.27. The molecular weight excluding hydrogens is 386 g/mol. The SMILES string of the molecule is O=C1C(Cc2ccc(Cl)cc2)S/C(=N\c2nccs2)N1c1ccccc1. The fraction of sp³-hybridized carbons (Fsp3) is 0.105. The summed E-state index contributed by atoms with van der Waals surface area (Å²) in [6.07, 6.45) is 2.34. The number of thiazole rings is 1. The summed E-state index contributed by atoms with van der Waals surface area (Å²) in [6.45, 7) is 0. The number of halogens is 1. The Morgan fingerprint density at radius 3 is 2.58 bits per heavy atom. The lowest BCUT2D eigenvalue weighted by Crippen LogP contribution is -2.32. The molecule has 0 saturated carbocycles. The third kappa shape index (κ3) is 3.67. The number of anilines is 1. The van der Waals surface area contributed by atoms with E-state index in [0.29, 0.717) is 21.7 Å². The highest BCUT2D eigenvalue weighted by atomic mass is 35.5. The van der Waals surface area contributed by atoms with E-state index in [1.165, 1.54) is 23.1 Å². The number of aliphatic imine (C=N–C) groups is 1. The minimum Gasteiger partial charge on any atom is -0.273 e. The molecule has 0 N–H and O–H groups in total. The summed E-state index contributed by atoms with van der Waals surface area (Å²) in [5.41, 5.74) is 1.89. The smallest absolute Gasteiger partial charge is 0.247 e. The van der Waals surface area contributed by atoms with Crippen LogP contribution in [0.2, 0.25) is 5.02 Å². The van der Waals surface area contributed by atoms with Gasteiger partial charge in [-0.15, -0.1) is 11.3 Å². The van der Waals surface area contributed by atoms with Crippen molar-refractivity contribution in [2.24, 2.45) is 4.99 Å². The summed E-state index contributed by atoms with van der Waals surface area (Å²) < 4.78 is 0. The van der Waals surface area contributed by atoms with Crippen molar-refractivity contribution < 1.29 is 4.79 Å². The molecule has 2 aromatic carbocycles. The largest absolute Gasteiger partial charge is 0.273 e. The maximum absolute atomic E-state index is 13.1. The van der Waals surface area contributed by atoms with E-state index in [-0.39, 0.29) is 11.2 Å². The number of amidine groups is 1. The summed E-state index contributed by atoms with van der Waals surface area (Å²) in [5, 5.41) is 3.65. The zero-order valence-corrected chi connectivity index (χ0v) is 16.0. The molecule has 2 heterocycles. The molecule has 0 spiro atoms. The van der Waals surface area contributed by atoms with E-state index in [4.69, 9.17) is 11.6 Å².